The summed E-state index contributed by atoms with van der Waals surface area (Å²) in [5, 5.41) is 0. The molecule has 0 spiro atoms. The summed E-state index contributed by atoms with van der Waals surface area (Å²) in [6.07, 6.45) is 0. The largest absolute Gasteiger partial charge is 0.378 e. The lowest BCUT2D eigenvalue weighted by Gasteiger charge is -2.27. The van der Waals surface area contributed by atoms with Crippen LogP contribution in [0.15, 0.2) is 29.2 Å². The number of hydrogen-bond donors (Lipinski definition) is 1. The molecule has 0 amide bonds. The normalized spacial score (nSPS) is 15.0. The first-order chi connectivity index (χ1) is 12.8. The van der Waals surface area contributed by atoms with E-state index in [0.717, 1.165) is 6.07 Å². The van der Waals surface area contributed by atoms with Gasteiger partial charge < -0.3 is 14.5 Å². The van der Waals surface area contributed by atoms with Crippen molar-refractivity contribution in [3.63, 3.8) is 0 Å². The van der Waals surface area contributed by atoms with Gasteiger partial charge in [0.1, 0.15) is 5.82 Å². The summed E-state index contributed by atoms with van der Waals surface area (Å²) in [5.74, 6) is 0.543. The number of nitrogens with zero attached hydrogens (tertiary/aromatic N) is 5. The third-order valence-electron chi connectivity index (χ3n) is 3.88. The fourth-order valence-corrected chi connectivity index (χ4v) is 3.47. The molecule has 1 saturated heterocycles. The van der Waals surface area contributed by atoms with Crippen LogP contribution in [0.4, 0.5) is 16.3 Å². The van der Waals surface area contributed by atoms with Crippen molar-refractivity contribution >= 4 is 21.9 Å². The van der Waals surface area contributed by atoms with Crippen LogP contribution in [-0.2, 0) is 21.3 Å². The molecule has 1 fully saturated rings. The first-order valence-corrected chi connectivity index (χ1v) is 9.84. The lowest BCUT2D eigenvalue weighted by atomic mass is 10.4. The first-order valence-electron chi connectivity index (χ1n) is 8.35. The molecule has 0 saturated carbocycles. The van der Waals surface area contributed by atoms with E-state index in [4.69, 9.17) is 4.74 Å². The number of anilines is 2. The summed E-state index contributed by atoms with van der Waals surface area (Å²) in [6.45, 7) is 2.30. The minimum atomic E-state index is -3.89. The Morgan fingerprint density at radius 1 is 1.22 bits per heavy atom. The fraction of sp³-hybridized carbons (Fsp3) is 0.438. The van der Waals surface area contributed by atoms with Crippen LogP contribution in [0.5, 0.6) is 0 Å². The molecule has 2 heterocycles. The van der Waals surface area contributed by atoms with Crippen molar-refractivity contribution in [3.8, 4) is 0 Å². The van der Waals surface area contributed by atoms with E-state index in [-0.39, 0.29) is 17.3 Å². The van der Waals surface area contributed by atoms with Gasteiger partial charge in [0.15, 0.2) is 5.82 Å². The van der Waals surface area contributed by atoms with Crippen LogP contribution in [-0.4, -0.2) is 63.8 Å². The molecule has 11 heteroatoms. The first kappa shape index (κ1) is 19.4. The predicted molar refractivity (Wildman–Crippen MR) is 97.6 cm³/mol. The van der Waals surface area contributed by atoms with Crippen LogP contribution in [0.3, 0.4) is 0 Å². The van der Waals surface area contributed by atoms with Gasteiger partial charge in [-0.05, 0) is 18.2 Å². The molecule has 2 aromatic rings. The number of morpholine rings is 1. The molecule has 9 nitrogen and oxygen atoms in total. The Kier molecular flexibility index (Phi) is 5.82. The number of benzene rings is 1. The van der Waals surface area contributed by atoms with Crippen molar-refractivity contribution in [1.29, 1.82) is 0 Å². The highest BCUT2D eigenvalue weighted by molar-refractivity contribution is 7.89. The van der Waals surface area contributed by atoms with Gasteiger partial charge in [0.2, 0.25) is 21.9 Å². The van der Waals surface area contributed by atoms with Crippen LogP contribution in [0.1, 0.15) is 5.82 Å². The van der Waals surface area contributed by atoms with E-state index in [9.17, 15) is 12.8 Å². The van der Waals surface area contributed by atoms with E-state index in [1.54, 1.807) is 19.0 Å². The maximum Gasteiger partial charge on any atom is 0.241 e. The number of nitrogens with one attached hydrogen (secondary N) is 1. The molecule has 1 aromatic heterocycles. The Hall–Kier alpha value is -2.37. The highest BCUT2D eigenvalue weighted by atomic mass is 32.2. The van der Waals surface area contributed by atoms with Gasteiger partial charge in [0, 0.05) is 27.2 Å². The maximum atomic E-state index is 13.3. The monoisotopic (exact) mass is 396 g/mol. The average molecular weight is 396 g/mol. The molecule has 0 bridgehead atoms. The van der Waals surface area contributed by atoms with Gasteiger partial charge in [-0.15, -0.1) is 0 Å². The van der Waals surface area contributed by atoms with E-state index in [2.05, 4.69) is 19.7 Å². The zero-order valence-electron chi connectivity index (χ0n) is 15.1. The Bertz CT molecular complexity index is 903. The molecule has 27 heavy (non-hydrogen) atoms. The smallest absolute Gasteiger partial charge is 0.241 e. The summed E-state index contributed by atoms with van der Waals surface area (Å²) >= 11 is 0. The van der Waals surface area contributed by atoms with Crippen LogP contribution in [0.25, 0.3) is 0 Å². The predicted octanol–water partition coefficient (Wildman–Crippen LogP) is 0.392. The molecule has 0 atom stereocenters. The third kappa shape index (κ3) is 4.87. The molecule has 1 aliphatic rings. The highest BCUT2D eigenvalue weighted by Gasteiger charge is 2.19. The lowest BCUT2D eigenvalue weighted by molar-refractivity contribution is 0.122. The van der Waals surface area contributed by atoms with Crippen molar-refractivity contribution in [1.82, 2.24) is 19.7 Å². The summed E-state index contributed by atoms with van der Waals surface area (Å²) < 4.78 is 45.8. The van der Waals surface area contributed by atoms with Crippen LogP contribution in [0, 0.1) is 5.82 Å². The molecule has 146 valence electrons. The average Bonchev–Trinajstić information content (AvgIpc) is 2.67. The van der Waals surface area contributed by atoms with E-state index < -0.39 is 15.8 Å². The third-order valence-corrected chi connectivity index (χ3v) is 5.28. The van der Waals surface area contributed by atoms with Gasteiger partial charge in [-0.25, -0.2) is 17.5 Å². The van der Waals surface area contributed by atoms with Crippen molar-refractivity contribution < 1.29 is 17.5 Å². The SMILES string of the molecule is CN(C)c1nc(CNS(=O)(=O)c2cccc(F)c2)nc(N2CCOCC2)n1. The van der Waals surface area contributed by atoms with Crippen LogP contribution < -0.4 is 14.5 Å². The van der Waals surface area contributed by atoms with E-state index in [1.807, 2.05) is 4.90 Å². The van der Waals surface area contributed by atoms with Crippen molar-refractivity contribution in [2.75, 3.05) is 50.2 Å². The number of hydrogen-bond acceptors (Lipinski definition) is 8. The van der Waals surface area contributed by atoms with Crippen molar-refractivity contribution in [3.05, 3.63) is 35.9 Å². The number of aromatic nitrogens is 3. The molecule has 0 radical (unpaired) electrons. The maximum absolute atomic E-state index is 13.3. The van der Waals surface area contributed by atoms with E-state index >= 15 is 0 Å². The van der Waals surface area contributed by atoms with Crippen LogP contribution in [0.2, 0.25) is 0 Å². The molecular formula is C16H21FN6O3S. The summed E-state index contributed by atoms with van der Waals surface area (Å²) in [4.78, 5) is 16.6. The minimum absolute atomic E-state index is 0.139. The molecule has 3 rings (SSSR count). The van der Waals surface area contributed by atoms with Gasteiger partial charge in [-0.1, -0.05) is 6.07 Å². The Morgan fingerprint density at radius 2 is 1.96 bits per heavy atom. The number of sulfonamides is 1. The Labute approximate surface area is 157 Å². The molecule has 0 unspecified atom stereocenters. The molecule has 1 aromatic carbocycles. The second-order valence-electron chi connectivity index (χ2n) is 6.13. The topological polar surface area (TPSA) is 101 Å². The summed E-state index contributed by atoms with van der Waals surface area (Å²) in [5.41, 5.74) is 0. The summed E-state index contributed by atoms with van der Waals surface area (Å²) in [7, 11) is -0.308. The van der Waals surface area contributed by atoms with Gasteiger partial charge in [0.05, 0.1) is 24.7 Å². The molecule has 0 aliphatic carbocycles. The molecule has 1 N–H and O–H groups in total. The Balaban J connectivity index is 1.82. The van der Waals surface area contributed by atoms with Gasteiger partial charge in [0.25, 0.3) is 0 Å². The standard InChI is InChI=1S/C16H21FN6O3S/c1-22(2)15-19-14(20-16(21-15)23-6-8-26-9-7-23)11-18-27(24,25)13-5-3-4-12(17)10-13/h3-5,10,18H,6-9,11H2,1-2H3. The summed E-state index contributed by atoms with van der Waals surface area (Å²) in [6, 6.07) is 4.81. The second-order valence-corrected chi connectivity index (χ2v) is 7.89. The lowest BCUT2D eigenvalue weighted by Crippen LogP contribution is -2.38. The number of ether oxygens (including phenoxy) is 1. The van der Waals surface area contributed by atoms with Crippen molar-refractivity contribution in [2.45, 2.75) is 11.4 Å². The quantitative estimate of drug-likeness (QED) is 0.749. The van der Waals surface area contributed by atoms with Crippen LogP contribution >= 0.6 is 0 Å². The number of halogens is 1. The molecule has 1 aliphatic heterocycles. The highest BCUT2D eigenvalue weighted by Crippen LogP contribution is 2.15. The van der Waals surface area contributed by atoms with Gasteiger partial charge >= 0.3 is 0 Å². The molecular weight excluding hydrogens is 375 g/mol. The van der Waals surface area contributed by atoms with E-state index in [1.165, 1.54) is 18.2 Å². The van der Waals surface area contributed by atoms with Gasteiger partial charge in [-0.2, -0.15) is 15.0 Å². The van der Waals surface area contributed by atoms with Gasteiger partial charge in [-0.3, -0.25) is 0 Å². The second kappa shape index (κ2) is 8.11. The van der Waals surface area contributed by atoms with Crippen molar-refractivity contribution in [2.24, 2.45) is 0 Å². The minimum Gasteiger partial charge on any atom is -0.378 e. The Morgan fingerprint density at radius 3 is 2.63 bits per heavy atom. The fourth-order valence-electron chi connectivity index (χ4n) is 2.46. The number of rotatable bonds is 6. The zero-order valence-corrected chi connectivity index (χ0v) is 15.9. The van der Waals surface area contributed by atoms with E-state index in [0.29, 0.717) is 38.2 Å². The zero-order chi connectivity index (χ0) is 19.4.